The van der Waals surface area contributed by atoms with Crippen LogP contribution >= 0.6 is 27.3 Å². The molecule has 14 heavy (non-hydrogen) atoms. The van der Waals surface area contributed by atoms with E-state index in [1.807, 2.05) is 6.20 Å². The molecule has 1 aromatic rings. The van der Waals surface area contributed by atoms with Crippen molar-refractivity contribution in [3.63, 3.8) is 0 Å². The predicted molar refractivity (Wildman–Crippen MR) is 65.0 cm³/mol. The molecule has 0 atom stereocenters. The molecule has 1 fully saturated rings. The molecule has 0 amide bonds. The summed E-state index contributed by atoms with van der Waals surface area (Å²) in [6.07, 6.45) is 4.46. The summed E-state index contributed by atoms with van der Waals surface area (Å²) in [7, 11) is 0. The van der Waals surface area contributed by atoms with E-state index in [1.165, 1.54) is 25.9 Å². The number of hydrogen-bond acceptors (Lipinski definition) is 3. The minimum absolute atomic E-state index is 0.568. The van der Waals surface area contributed by atoms with Gasteiger partial charge in [0.25, 0.3) is 0 Å². The maximum absolute atomic E-state index is 4.37. The Morgan fingerprint density at radius 2 is 2.14 bits per heavy atom. The molecule has 0 unspecified atom stereocenters. The fourth-order valence-corrected chi connectivity index (χ4v) is 3.17. The predicted octanol–water partition coefficient (Wildman–Crippen LogP) is 3.53. The Morgan fingerprint density at radius 3 is 2.57 bits per heavy atom. The first-order valence-corrected chi connectivity index (χ1v) is 6.66. The Labute approximate surface area is 97.5 Å². The Hall–Kier alpha value is -0.0900. The summed E-state index contributed by atoms with van der Waals surface area (Å²) >= 11 is 5.17. The quantitative estimate of drug-likeness (QED) is 0.839. The highest BCUT2D eigenvalue weighted by Crippen LogP contribution is 2.41. The van der Waals surface area contributed by atoms with Gasteiger partial charge in [-0.25, -0.2) is 4.98 Å². The van der Waals surface area contributed by atoms with Gasteiger partial charge in [0.05, 0.1) is 9.98 Å². The van der Waals surface area contributed by atoms with E-state index in [-0.39, 0.29) is 0 Å². The zero-order chi connectivity index (χ0) is 10.2. The lowest BCUT2D eigenvalue weighted by molar-refractivity contribution is 0.194. The zero-order valence-corrected chi connectivity index (χ0v) is 11.0. The summed E-state index contributed by atoms with van der Waals surface area (Å²) in [6, 6.07) is 0. The molecule has 2 rings (SSSR count). The van der Waals surface area contributed by atoms with Crippen LogP contribution in [0.4, 0.5) is 5.13 Å². The second-order valence-corrected chi connectivity index (χ2v) is 6.40. The highest BCUT2D eigenvalue weighted by molar-refractivity contribution is 9.11. The molecule has 4 heteroatoms. The molecule has 78 valence electrons. The number of thiazole rings is 1. The van der Waals surface area contributed by atoms with Gasteiger partial charge in [-0.2, -0.15) is 0 Å². The van der Waals surface area contributed by atoms with Crippen molar-refractivity contribution in [3.8, 4) is 0 Å². The number of halogens is 1. The van der Waals surface area contributed by atoms with Gasteiger partial charge in [0, 0.05) is 18.5 Å². The van der Waals surface area contributed by atoms with E-state index in [4.69, 9.17) is 0 Å². The summed E-state index contributed by atoms with van der Waals surface area (Å²) in [5.74, 6) is 0. The topological polar surface area (TPSA) is 16.1 Å². The first kappa shape index (κ1) is 10.4. The summed E-state index contributed by atoms with van der Waals surface area (Å²) in [6.45, 7) is 6.94. The summed E-state index contributed by atoms with van der Waals surface area (Å²) in [4.78, 5) is 6.75. The number of hydrogen-bond donors (Lipinski definition) is 0. The third kappa shape index (κ3) is 1.70. The molecule has 1 aliphatic heterocycles. The van der Waals surface area contributed by atoms with Crippen molar-refractivity contribution in [2.24, 2.45) is 5.41 Å². The molecule has 2 heterocycles. The van der Waals surface area contributed by atoms with E-state index >= 15 is 0 Å². The monoisotopic (exact) mass is 274 g/mol. The van der Waals surface area contributed by atoms with Crippen LogP contribution in [0.25, 0.3) is 0 Å². The van der Waals surface area contributed by atoms with Crippen molar-refractivity contribution in [1.82, 2.24) is 4.98 Å². The SMILES string of the molecule is CCC1(CC)CN(c2ncc(Br)s2)C1. The minimum atomic E-state index is 0.568. The van der Waals surface area contributed by atoms with Gasteiger partial charge in [0.2, 0.25) is 0 Å². The van der Waals surface area contributed by atoms with Gasteiger partial charge < -0.3 is 4.90 Å². The van der Waals surface area contributed by atoms with E-state index in [2.05, 4.69) is 39.7 Å². The Kier molecular flexibility index (Phi) is 2.84. The van der Waals surface area contributed by atoms with Crippen LogP contribution in [-0.4, -0.2) is 18.1 Å². The maximum Gasteiger partial charge on any atom is 0.186 e. The van der Waals surface area contributed by atoms with Crippen LogP contribution in [0.1, 0.15) is 26.7 Å². The normalized spacial score (nSPS) is 19.5. The third-order valence-electron chi connectivity index (χ3n) is 3.29. The van der Waals surface area contributed by atoms with Crippen molar-refractivity contribution in [2.75, 3.05) is 18.0 Å². The van der Waals surface area contributed by atoms with Gasteiger partial charge in [-0.3, -0.25) is 0 Å². The first-order valence-electron chi connectivity index (χ1n) is 5.05. The standard InChI is InChI=1S/C10H15BrN2S/c1-3-10(4-2)6-13(7-10)9-12-5-8(11)14-9/h5H,3-4,6-7H2,1-2H3. The van der Waals surface area contributed by atoms with Gasteiger partial charge in [0.15, 0.2) is 5.13 Å². The molecule has 0 aromatic carbocycles. The fraction of sp³-hybridized carbons (Fsp3) is 0.700. The number of aromatic nitrogens is 1. The average molecular weight is 275 g/mol. The summed E-state index contributed by atoms with van der Waals surface area (Å²) < 4.78 is 1.12. The van der Waals surface area contributed by atoms with Gasteiger partial charge in [-0.1, -0.05) is 25.2 Å². The number of nitrogens with zero attached hydrogens (tertiary/aromatic N) is 2. The lowest BCUT2D eigenvalue weighted by atomic mass is 9.75. The second kappa shape index (κ2) is 3.81. The van der Waals surface area contributed by atoms with E-state index in [1.54, 1.807) is 11.3 Å². The molecule has 1 aromatic heterocycles. The van der Waals surface area contributed by atoms with E-state index in [9.17, 15) is 0 Å². The summed E-state index contributed by atoms with van der Waals surface area (Å²) in [5.41, 5.74) is 0.568. The van der Waals surface area contributed by atoms with Crippen molar-refractivity contribution in [3.05, 3.63) is 9.98 Å². The molecule has 0 bridgehead atoms. The van der Waals surface area contributed by atoms with E-state index in [0.29, 0.717) is 5.41 Å². The van der Waals surface area contributed by atoms with Crippen LogP contribution in [-0.2, 0) is 0 Å². The van der Waals surface area contributed by atoms with Crippen LogP contribution in [0.5, 0.6) is 0 Å². The largest absolute Gasteiger partial charge is 0.347 e. The van der Waals surface area contributed by atoms with Crippen LogP contribution in [0, 0.1) is 5.41 Å². The van der Waals surface area contributed by atoms with Crippen LogP contribution < -0.4 is 4.90 Å². The van der Waals surface area contributed by atoms with E-state index < -0.39 is 0 Å². The lowest BCUT2D eigenvalue weighted by Gasteiger charge is -2.49. The molecule has 2 nitrogen and oxygen atoms in total. The lowest BCUT2D eigenvalue weighted by Crippen LogP contribution is -2.55. The average Bonchev–Trinajstić information content (AvgIpc) is 2.52. The summed E-state index contributed by atoms with van der Waals surface area (Å²) in [5, 5.41) is 1.16. The van der Waals surface area contributed by atoms with Gasteiger partial charge in [-0.05, 0) is 28.8 Å². The van der Waals surface area contributed by atoms with Gasteiger partial charge in [0.1, 0.15) is 0 Å². The third-order valence-corrected chi connectivity index (χ3v) is 4.83. The van der Waals surface area contributed by atoms with Crippen LogP contribution in [0.3, 0.4) is 0 Å². The van der Waals surface area contributed by atoms with Gasteiger partial charge in [-0.15, -0.1) is 0 Å². The van der Waals surface area contributed by atoms with Gasteiger partial charge >= 0.3 is 0 Å². The smallest absolute Gasteiger partial charge is 0.186 e. The molecular formula is C10H15BrN2S. The second-order valence-electron chi connectivity index (χ2n) is 4.01. The molecule has 0 N–H and O–H groups in total. The Balaban J connectivity index is 2.00. The highest BCUT2D eigenvalue weighted by Gasteiger charge is 2.40. The first-order chi connectivity index (χ1) is 6.69. The van der Waals surface area contributed by atoms with Crippen molar-refractivity contribution >= 4 is 32.4 Å². The van der Waals surface area contributed by atoms with E-state index in [0.717, 1.165) is 8.92 Å². The van der Waals surface area contributed by atoms with Crippen LogP contribution in [0.2, 0.25) is 0 Å². The van der Waals surface area contributed by atoms with Crippen molar-refractivity contribution in [2.45, 2.75) is 26.7 Å². The highest BCUT2D eigenvalue weighted by atomic mass is 79.9. The molecule has 0 spiro atoms. The number of rotatable bonds is 3. The zero-order valence-electron chi connectivity index (χ0n) is 8.59. The Morgan fingerprint density at radius 1 is 1.50 bits per heavy atom. The fourth-order valence-electron chi connectivity index (χ4n) is 1.99. The van der Waals surface area contributed by atoms with Crippen LogP contribution in [0.15, 0.2) is 9.98 Å². The molecule has 1 aliphatic rings. The number of anilines is 1. The van der Waals surface area contributed by atoms with Crippen molar-refractivity contribution in [1.29, 1.82) is 0 Å². The molecule has 1 saturated heterocycles. The molecular weight excluding hydrogens is 260 g/mol. The van der Waals surface area contributed by atoms with Crippen molar-refractivity contribution < 1.29 is 0 Å². The molecule has 0 aliphatic carbocycles. The molecule has 0 radical (unpaired) electrons. The maximum atomic E-state index is 4.37. The molecule has 0 saturated carbocycles. The minimum Gasteiger partial charge on any atom is -0.347 e. The Bertz CT molecular complexity index is 312.